The number of nitrogens with two attached hydrogens (primary N) is 1. The van der Waals surface area contributed by atoms with Gasteiger partial charge in [-0.25, -0.2) is 0 Å². The van der Waals surface area contributed by atoms with Crippen molar-refractivity contribution in [1.29, 1.82) is 0 Å². The third kappa shape index (κ3) is 6.85. The second-order valence-corrected chi connectivity index (χ2v) is 5.59. The summed E-state index contributed by atoms with van der Waals surface area (Å²) in [5, 5.41) is 7.11. The number of hydrogen-bond donors (Lipinski definition) is 2. The first-order valence-electron chi connectivity index (χ1n) is 7.39. The van der Waals surface area contributed by atoms with Crippen LogP contribution in [0.2, 0.25) is 5.02 Å². The van der Waals surface area contributed by atoms with Gasteiger partial charge in [0.25, 0.3) is 5.91 Å². The molecule has 1 saturated heterocycles. The maximum absolute atomic E-state index is 11.7. The fourth-order valence-electron chi connectivity index (χ4n) is 2.09. The van der Waals surface area contributed by atoms with E-state index in [1.807, 2.05) is 12.1 Å². The molecule has 0 saturated carbocycles. The Bertz CT molecular complexity index is 547. The Hall–Kier alpha value is -1.83. The topological polar surface area (TPSA) is 89.2 Å². The summed E-state index contributed by atoms with van der Waals surface area (Å²) in [4.78, 5) is 18.8. The molecule has 1 amide bonds. The Kier molecular flexibility index (Phi) is 7.12. The number of amides is 1. The lowest BCUT2D eigenvalue weighted by molar-refractivity contribution is -0.125. The van der Waals surface area contributed by atoms with Gasteiger partial charge in [-0.2, -0.15) is 0 Å². The van der Waals surface area contributed by atoms with Crippen LogP contribution >= 0.6 is 11.6 Å². The maximum Gasteiger partial charge on any atom is 0.261 e. The first kappa shape index (κ1) is 17.5. The molecule has 1 aliphatic rings. The zero-order valence-electron chi connectivity index (χ0n) is 12.8. The highest BCUT2D eigenvalue weighted by molar-refractivity contribution is 6.30. The molecule has 23 heavy (non-hydrogen) atoms. The average molecular weight is 341 g/mol. The summed E-state index contributed by atoms with van der Waals surface area (Å²) in [6, 6.07) is 7.28. The molecular formula is C15H21ClN4O3. The van der Waals surface area contributed by atoms with Gasteiger partial charge in [0.05, 0.1) is 19.8 Å². The molecule has 0 atom stereocenters. The van der Waals surface area contributed by atoms with E-state index in [1.165, 1.54) is 0 Å². The van der Waals surface area contributed by atoms with E-state index in [2.05, 4.69) is 15.4 Å². The number of morpholine rings is 1. The van der Waals surface area contributed by atoms with Crippen molar-refractivity contribution in [3.63, 3.8) is 0 Å². The molecule has 3 N–H and O–H groups in total. The van der Waals surface area contributed by atoms with E-state index < -0.39 is 0 Å². The first-order chi connectivity index (χ1) is 11.1. The van der Waals surface area contributed by atoms with Gasteiger partial charge < -0.3 is 20.6 Å². The van der Waals surface area contributed by atoms with E-state index in [0.717, 1.165) is 18.7 Å². The number of amidine groups is 1. The van der Waals surface area contributed by atoms with Crippen molar-refractivity contribution >= 4 is 23.3 Å². The maximum atomic E-state index is 11.7. The molecule has 7 nitrogen and oxygen atoms in total. The van der Waals surface area contributed by atoms with E-state index in [-0.39, 0.29) is 12.5 Å². The lowest BCUT2D eigenvalue weighted by atomic mass is 10.2. The molecule has 1 aromatic carbocycles. The average Bonchev–Trinajstić information content (AvgIpc) is 2.54. The van der Waals surface area contributed by atoms with E-state index in [9.17, 15) is 4.79 Å². The Morgan fingerprint density at radius 3 is 2.96 bits per heavy atom. The number of benzene rings is 1. The predicted octanol–water partition coefficient (Wildman–Crippen LogP) is 0.577. The number of hydrogen-bond acceptors (Lipinski definition) is 5. The summed E-state index contributed by atoms with van der Waals surface area (Å²) in [6.07, 6.45) is 0. The lowest BCUT2D eigenvalue weighted by Gasteiger charge is -2.25. The molecule has 0 bridgehead atoms. The number of nitrogens with zero attached hydrogens (tertiary/aromatic N) is 2. The summed E-state index contributed by atoms with van der Waals surface area (Å²) < 4.78 is 5.25. The number of carbonyl (C=O) groups is 1. The zero-order valence-corrected chi connectivity index (χ0v) is 13.6. The summed E-state index contributed by atoms with van der Waals surface area (Å²) in [5.74, 6) is 0.0717. The van der Waals surface area contributed by atoms with Crippen LogP contribution < -0.4 is 11.1 Å². The highest BCUT2D eigenvalue weighted by Crippen LogP contribution is 2.10. The van der Waals surface area contributed by atoms with E-state index in [0.29, 0.717) is 37.2 Å². The Labute approximate surface area is 140 Å². The van der Waals surface area contributed by atoms with Gasteiger partial charge in [0.2, 0.25) is 0 Å². The second kappa shape index (κ2) is 9.34. The second-order valence-electron chi connectivity index (χ2n) is 5.15. The summed E-state index contributed by atoms with van der Waals surface area (Å²) >= 11 is 5.88. The highest BCUT2D eigenvalue weighted by atomic mass is 35.5. The number of ether oxygens (including phenoxy) is 1. The molecule has 1 fully saturated rings. The Morgan fingerprint density at radius 2 is 2.22 bits per heavy atom. The minimum Gasteiger partial charge on any atom is -0.384 e. The molecule has 1 heterocycles. The Balaban J connectivity index is 1.64. The van der Waals surface area contributed by atoms with Crippen LogP contribution in [0, 0.1) is 0 Å². The van der Waals surface area contributed by atoms with Gasteiger partial charge in [-0.1, -0.05) is 28.9 Å². The largest absolute Gasteiger partial charge is 0.384 e. The zero-order chi connectivity index (χ0) is 16.5. The number of nitrogens with one attached hydrogen (secondary N) is 1. The normalized spacial score (nSPS) is 16.1. The van der Waals surface area contributed by atoms with Crippen LogP contribution in [-0.4, -0.2) is 56.1 Å². The van der Waals surface area contributed by atoms with Crippen molar-refractivity contribution in [3.05, 3.63) is 34.9 Å². The van der Waals surface area contributed by atoms with Crippen molar-refractivity contribution in [2.75, 3.05) is 39.5 Å². The fourth-order valence-corrected chi connectivity index (χ4v) is 2.30. The number of carbonyl (C=O) groups excluding carboxylic acids is 1. The number of oxime groups is 1. The quantitative estimate of drug-likeness (QED) is 0.430. The van der Waals surface area contributed by atoms with Crippen LogP contribution in [0.5, 0.6) is 0 Å². The van der Waals surface area contributed by atoms with Gasteiger partial charge in [0, 0.05) is 24.7 Å². The summed E-state index contributed by atoms with van der Waals surface area (Å²) in [6.45, 7) is 3.74. The molecule has 2 rings (SSSR count). The van der Waals surface area contributed by atoms with Gasteiger partial charge in [-0.05, 0) is 17.7 Å². The van der Waals surface area contributed by atoms with Crippen molar-refractivity contribution in [3.8, 4) is 0 Å². The first-order valence-corrected chi connectivity index (χ1v) is 7.77. The molecule has 8 heteroatoms. The Morgan fingerprint density at radius 1 is 1.43 bits per heavy atom. The molecule has 0 radical (unpaired) electrons. The molecule has 0 aromatic heterocycles. The molecule has 0 aliphatic carbocycles. The van der Waals surface area contributed by atoms with Crippen molar-refractivity contribution < 1.29 is 14.4 Å². The monoisotopic (exact) mass is 340 g/mol. The van der Waals surface area contributed by atoms with Crippen LogP contribution in [0.3, 0.4) is 0 Å². The van der Waals surface area contributed by atoms with Crippen LogP contribution in [0.15, 0.2) is 29.4 Å². The lowest BCUT2D eigenvalue weighted by Crippen LogP contribution is -2.41. The van der Waals surface area contributed by atoms with Gasteiger partial charge in [-0.3, -0.25) is 9.69 Å². The van der Waals surface area contributed by atoms with Crippen molar-refractivity contribution in [1.82, 2.24) is 10.2 Å². The summed E-state index contributed by atoms with van der Waals surface area (Å²) in [7, 11) is 0. The molecule has 1 aliphatic heterocycles. The van der Waals surface area contributed by atoms with Gasteiger partial charge >= 0.3 is 0 Å². The smallest absolute Gasteiger partial charge is 0.261 e. The minimum absolute atomic E-state index is 0.176. The van der Waals surface area contributed by atoms with Crippen molar-refractivity contribution in [2.24, 2.45) is 10.9 Å². The molecule has 1 aromatic rings. The number of halogens is 1. The van der Waals surface area contributed by atoms with Crippen LogP contribution in [0.1, 0.15) is 5.56 Å². The van der Waals surface area contributed by atoms with Crippen LogP contribution in [0.25, 0.3) is 0 Å². The standard InChI is InChI=1S/C15H21ClN4O3/c16-13-3-1-2-12(8-13)9-18-15(21)11-23-19-14(17)10-20-4-6-22-7-5-20/h1-3,8H,4-7,9-11H2,(H2,17,19)(H,18,21). The molecule has 126 valence electrons. The van der Waals surface area contributed by atoms with Crippen LogP contribution in [-0.2, 0) is 20.9 Å². The predicted molar refractivity (Wildman–Crippen MR) is 88.1 cm³/mol. The molecule has 0 spiro atoms. The number of rotatable bonds is 7. The third-order valence-electron chi connectivity index (χ3n) is 3.25. The van der Waals surface area contributed by atoms with Gasteiger partial charge in [-0.15, -0.1) is 0 Å². The minimum atomic E-state index is -0.270. The highest BCUT2D eigenvalue weighted by Gasteiger charge is 2.11. The summed E-state index contributed by atoms with van der Waals surface area (Å²) in [5.41, 5.74) is 6.69. The van der Waals surface area contributed by atoms with Gasteiger partial charge in [0.15, 0.2) is 12.4 Å². The molecular weight excluding hydrogens is 320 g/mol. The van der Waals surface area contributed by atoms with E-state index >= 15 is 0 Å². The SMILES string of the molecule is N/C(CN1CCOCC1)=N\OCC(=O)NCc1cccc(Cl)c1. The molecule has 0 unspecified atom stereocenters. The van der Waals surface area contributed by atoms with Crippen molar-refractivity contribution in [2.45, 2.75) is 6.54 Å². The van der Waals surface area contributed by atoms with Crippen LogP contribution in [0.4, 0.5) is 0 Å². The van der Waals surface area contributed by atoms with Gasteiger partial charge in [0.1, 0.15) is 0 Å². The van der Waals surface area contributed by atoms with E-state index in [1.54, 1.807) is 12.1 Å². The fraction of sp³-hybridized carbons (Fsp3) is 0.467. The third-order valence-corrected chi connectivity index (χ3v) is 3.48. The van der Waals surface area contributed by atoms with E-state index in [4.69, 9.17) is 26.9 Å².